The van der Waals surface area contributed by atoms with Gasteiger partial charge in [0.25, 0.3) is 5.91 Å². The molecule has 1 amide bonds. The van der Waals surface area contributed by atoms with Crippen LogP contribution in [0.1, 0.15) is 21.1 Å². The van der Waals surface area contributed by atoms with E-state index in [9.17, 15) is 4.79 Å². The van der Waals surface area contributed by atoms with E-state index in [0.717, 1.165) is 37.7 Å². The Morgan fingerprint density at radius 3 is 2.75 bits per heavy atom. The topological polar surface area (TPSA) is 52.6 Å². The SMILES string of the molecule is CN1CCN(c2nc3c(s2)CN(C(=O)c2ccccn2)CC3)CC1. The molecule has 0 bridgehead atoms. The first-order chi connectivity index (χ1) is 11.7. The highest BCUT2D eigenvalue weighted by atomic mass is 32.1. The predicted molar refractivity (Wildman–Crippen MR) is 94.5 cm³/mol. The second kappa shape index (κ2) is 6.49. The molecule has 0 atom stereocenters. The van der Waals surface area contributed by atoms with E-state index in [-0.39, 0.29) is 5.91 Å². The van der Waals surface area contributed by atoms with E-state index >= 15 is 0 Å². The van der Waals surface area contributed by atoms with E-state index in [1.807, 2.05) is 17.0 Å². The largest absolute Gasteiger partial charge is 0.346 e. The predicted octanol–water partition coefficient (Wildman–Crippen LogP) is 1.49. The minimum absolute atomic E-state index is 0.01000. The third-order valence-electron chi connectivity index (χ3n) is 4.66. The van der Waals surface area contributed by atoms with Crippen molar-refractivity contribution >= 4 is 22.4 Å². The fourth-order valence-electron chi connectivity index (χ4n) is 3.14. The number of aromatic nitrogens is 2. The fourth-order valence-corrected chi connectivity index (χ4v) is 4.31. The summed E-state index contributed by atoms with van der Waals surface area (Å²) in [4.78, 5) is 29.4. The van der Waals surface area contributed by atoms with Crippen molar-refractivity contribution in [1.29, 1.82) is 0 Å². The van der Waals surface area contributed by atoms with Crippen LogP contribution in [-0.4, -0.2) is 65.4 Å². The maximum Gasteiger partial charge on any atom is 0.272 e. The third kappa shape index (κ3) is 3.01. The molecule has 0 spiro atoms. The van der Waals surface area contributed by atoms with Crippen molar-refractivity contribution < 1.29 is 4.79 Å². The van der Waals surface area contributed by atoms with Gasteiger partial charge in [0, 0.05) is 50.2 Å². The van der Waals surface area contributed by atoms with Gasteiger partial charge in [-0.1, -0.05) is 17.4 Å². The average Bonchev–Trinajstić information content (AvgIpc) is 3.05. The van der Waals surface area contributed by atoms with E-state index < -0.39 is 0 Å². The quantitative estimate of drug-likeness (QED) is 0.827. The molecule has 2 aromatic rings. The van der Waals surface area contributed by atoms with E-state index in [4.69, 9.17) is 4.98 Å². The number of amides is 1. The van der Waals surface area contributed by atoms with Gasteiger partial charge in [0.2, 0.25) is 0 Å². The van der Waals surface area contributed by atoms with Gasteiger partial charge in [-0.05, 0) is 19.2 Å². The molecule has 0 aromatic carbocycles. The van der Waals surface area contributed by atoms with Gasteiger partial charge in [0.15, 0.2) is 5.13 Å². The Labute approximate surface area is 145 Å². The lowest BCUT2D eigenvalue weighted by atomic mass is 10.1. The van der Waals surface area contributed by atoms with Crippen LogP contribution < -0.4 is 4.90 Å². The number of pyridine rings is 1. The molecule has 0 radical (unpaired) electrons. The van der Waals surface area contributed by atoms with Crippen LogP contribution in [0, 0.1) is 0 Å². The number of fused-ring (bicyclic) bond motifs is 1. The van der Waals surface area contributed by atoms with Crippen LogP contribution >= 0.6 is 11.3 Å². The number of hydrogen-bond acceptors (Lipinski definition) is 6. The summed E-state index contributed by atoms with van der Waals surface area (Å²) in [6, 6.07) is 5.46. The molecular weight excluding hydrogens is 322 g/mol. The molecule has 7 heteroatoms. The first-order valence-corrected chi connectivity index (χ1v) is 9.15. The number of nitrogens with zero attached hydrogens (tertiary/aromatic N) is 5. The molecule has 1 saturated heterocycles. The van der Waals surface area contributed by atoms with Gasteiger partial charge in [-0.2, -0.15) is 0 Å². The standard InChI is InChI=1S/C17H21N5OS/c1-20-8-10-21(11-9-20)17-19-13-5-7-22(12-15(13)24-17)16(23)14-4-2-3-6-18-14/h2-4,6H,5,7-12H2,1H3. The Morgan fingerprint density at radius 1 is 1.17 bits per heavy atom. The highest BCUT2D eigenvalue weighted by molar-refractivity contribution is 7.15. The second-order valence-electron chi connectivity index (χ2n) is 6.35. The summed E-state index contributed by atoms with van der Waals surface area (Å²) < 4.78 is 0. The van der Waals surface area contributed by atoms with Crippen LogP contribution in [0.2, 0.25) is 0 Å². The van der Waals surface area contributed by atoms with Crippen molar-refractivity contribution in [3.8, 4) is 0 Å². The molecule has 1 fully saturated rings. The van der Waals surface area contributed by atoms with E-state index in [1.54, 1.807) is 23.6 Å². The lowest BCUT2D eigenvalue weighted by Crippen LogP contribution is -2.44. The first-order valence-electron chi connectivity index (χ1n) is 8.33. The molecule has 2 aliphatic rings. The Balaban J connectivity index is 1.48. The summed E-state index contributed by atoms with van der Waals surface area (Å²) in [6.07, 6.45) is 2.50. The monoisotopic (exact) mass is 343 g/mol. The fraction of sp³-hybridized carbons (Fsp3) is 0.471. The van der Waals surface area contributed by atoms with Crippen molar-refractivity contribution in [3.63, 3.8) is 0 Å². The minimum Gasteiger partial charge on any atom is -0.346 e. The molecule has 126 valence electrons. The number of rotatable bonds is 2. The zero-order chi connectivity index (χ0) is 16.5. The van der Waals surface area contributed by atoms with Gasteiger partial charge in [0.05, 0.1) is 12.2 Å². The highest BCUT2D eigenvalue weighted by Crippen LogP contribution is 2.31. The zero-order valence-corrected chi connectivity index (χ0v) is 14.6. The Morgan fingerprint density at radius 2 is 2.00 bits per heavy atom. The second-order valence-corrected chi connectivity index (χ2v) is 7.41. The minimum atomic E-state index is 0.01000. The molecule has 24 heavy (non-hydrogen) atoms. The lowest BCUT2D eigenvalue weighted by Gasteiger charge is -2.32. The summed E-state index contributed by atoms with van der Waals surface area (Å²) in [6.45, 7) is 5.58. The molecule has 0 aliphatic carbocycles. The number of carbonyl (C=O) groups excluding carboxylic acids is 1. The molecule has 0 unspecified atom stereocenters. The normalized spacial score (nSPS) is 18.5. The maximum absolute atomic E-state index is 12.6. The number of hydrogen-bond donors (Lipinski definition) is 0. The van der Waals surface area contributed by atoms with Crippen molar-refractivity contribution in [2.24, 2.45) is 0 Å². The molecule has 4 heterocycles. The summed E-state index contributed by atoms with van der Waals surface area (Å²) in [7, 11) is 2.16. The Hall–Kier alpha value is -1.99. The van der Waals surface area contributed by atoms with Crippen LogP contribution in [0.5, 0.6) is 0 Å². The van der Waals surface area contributed by atoms with Gasteiger partial charge in [-0.15, -0.1) is 0 Å². The number of thiazole rings is 1. The molecular formula is C17H21N5OS. The summed E-state index contributed by atoms with van der Waals surface area (Å²) >= 11 is 1.74. The molecule has 6 nitrogen and oxygen atoms in total. The first kappa shape index (κ1) is 15.5. The summed E-state index contributed by atoms with van der Waals surface area (Å²) in [5.74, 6) is 0.01000. The molecule has 2 aromatic heterocycles. The molecule has 2 aliphatic heterocycles. The molecule has 4 rings (SSSR count). The van der Waals surface area contributed by atoms with Crippen LogP contribution in [0.25, 0.3) is 0 Å². The van der Waals surface area contributed by atoms with Gasteiger partial charge in [-0.3, -0.25) is 9.78 Å². The van der Waals surface area contributed by atoms with E-state index in [1.165, 1.54) is 10.6 Å². The Kier molecular flexibility index (Phi) is 4.20. The summed E-state index contributed by atoms with van der Waals surface area (Å²) in [5.41, 5.74) is 1.68. The lowest BCUT2D eigenvalue weighted by molar-refractivity contribution is 0.0730. The van der Waals surface area contributed by atoms with Crippen LogP contribution in [0.3, 0.4) is 0 Å². The smallest absolute Gasteiger partial charge is 0.272 e. The molecule has 0 saturated carbocycles. The van der Waals surface area contributed by atoms with Gasteiger partial charge < -0.3 is 14.7 Å². The highest BCUT2D eigenvalue weighted by Gasteiger charge is 2.27. The number of anilines is 1. The van der Waals surface area contributed by atoms with Crippen molar-refractivity contribution in [3.05, 3.63) is 40.7 Å². The number of likely N-dealkylation sites (N-methyl/N-ethyl adjacent to an activating group) is 1. The van der Waals surface area contributed by atoms with Gasteiger partial charge in [-0.25, -0.2) is 4.98 Å². The average molecular weight is 343 g/mol. The van der Waals surface area contributed by atoms with Crippen molar-refractivity contribution in [2.45, 2.75) is 13.0 Å². The van der Waals surface area contributed by atoms with Gasteiger partial charge >= 0.3 is 0 Å². The van der Waals surface area contributed by atoms with Crippen LogP contribution in [0.15, 0.2) is 24.4 Å². The summed E-state index contributed by atoms with van der Waals surface area (Å²) in [5, 5.41) is 1.11. The van der Waals surface area contributed by atoms with Crippen molar-refractivity contribution in [2.75, 3.05) is 44.7 Å². The number of carbonyl (C=O) groups is 1. The zero-order valence-electron chi connectivity index (χ0n) is 13.8. The van der Waals surface area contributed by atoms with Crippen LogP contribution in [-0.2, 0) is 13.0 Å². The van der Waals surface area contributed by atoms with E-state index in [0.29, 0.717) is 18.8 Å². The van der Waals surface area contributed by atoms with Crippen molar-refractivity contribution in [1.82, 2.24) is 19.8 Å². The van der Waals surface area contributed by atoms with Crippen LogP contribution in [0.4, 0.5) is 5.13 Å². The van der Waals surface area contributed by atoms with Gasteiger partial charge in [0.1, 0.15) is 5.69 Å². The van der Waals surface area contributed by atoms with E-state index in [2.05, 4.69) is 21.8 Å². The maximum atomic E-state index is 12.6. The molecule has 0 N–H and O–H groups in total. The third-order valence-corrected chi connectivity index (χ3v) is 5.81. The Bertz CT molecular complexity index is 724. The number of piperazine rings is 1.